The summed E-state index contributed by atoms with van der Waals surface area (Å²) in [6.45, 7) is 1.85. The molecule has 1 aromatic heterocycles. The van der Waals surface area contributed by atoms with Crippen LogP contribution in [0.15, 0.2) is 33.9 Å². The van der Waals surface area contributed by atoms with Crippen molar-refractivity contribution in [2.24, 2.45) is 0 Å². The SMILES string of the molecule is O=C(CCn1c(=O)[nH]c(=O)c2ccccc21)NCC1CCCN1. The van der Waals surface area contributed by atoms with E-state index in [0.29, 0.717) is 23.5 Å². The van der Waals surface area contributed by atoms with E-state index in [2.05, 4.69) is 15.6 Å². The number of benzene rings is 1. The number of carbonyl (C=O) groups excluding carboxylic acids is 1. The fourth-order valence-corrected chi connectivity index (χ4v) is 2.93. The predicted octanol–water partition coefficient (Wildman–Crippen LogP) is -0.0519. The first-order chi connectivity index (χ1) is 11.1. The molecule has 1 unspecified atom stereocenters. The van der Waals surface area contributed by atoms with Crippen LogP contribution in [-0.4, -0.2) is 34.6 Å². The number of H-pyrrole nitrogens is 1. The number of hydrogen-bond acceptors (Lipinski definition) is 4. The highest BCUT2D eigenvalue weighted by molar-refractivity contribution is 5.78. The number of carbonyl (C=O) groups is 1. The molecule has 0 radical (unpaired) electrons. The van der Waals surface area contributed by atoms with Crippen molar-refractivity contribution in [1.82, 2.24) is 20.2 Å². The Morgan fingerprint density at radius 3 is 2.91 bits per heavy atom. The number of aromatic amines is 1. The second kappa shape index (κ2) is 6.78. The third-order valence-corrected chi connectivity index (χ3v) is 4.18. The van der Waals surface area contributed by atoms with E-state index >= 15 is 0 Å². The van der Waals surface area contributed by atoms with Crippen molar-refractivity contribution in [3.05, 3.63) is 45.1 Å². The van der Waals surface area contributed by atoms with Crippen molar-refractivity contribution >= 4 is 16.8 Å². The number of aryl methyl sites for hydroxylation is 1. The Morgan fingerprint density at radius 1 is 1.30 bits per heavy atom. The monoisotopic (exact) mass is 316 g/mol. The molecule has 3 rings (SSSR count). The highest BCUT2D eigenvalue weighted by Gasteiger charge is 2.15. The molecule has 7 nitrogen and oxygen atoms in total. The van der Waals surface area contributed by atoms with E-state index in [9.17, 15) is 14.4 Å². The van der Waals surface area contributed by atoms with E-state index in [-0.39, 0.29) is 18.9 Å². The van der Waals surface area contributed by atoms with Crippen LogP contribution in [0.3, 0.4) is 0 Å². The Hall–Kier alpha value is -2.41. The topological polar surface area (TPSA) is 96.0 Å². The van der Waals surface area contributed by atoms with Gasteiger partial charge in [0.05, 0.1) is 10.9 Å². The standard InChI is InChI=1S/C16H20N4O3/c21-14(18-10-11-4-3-8-17-11)7-9-20-13-6-2-1-5-12(13)15(22)19-16(20)23/h1-2,5-6,11,17H,3-4,7-10H2,(H,18,21)(H,19,22,23). The van der Waals surface area contributed by atoms with Gasteiger partial charge in [-0.25, -0.2) is 4.79 Å². The van der Waals surface area contributed by atoms with Crippen LogP contribution >= 0.6 is 0 Å². The van der Waals surface area contributed by atoms with E-state index in [1.54, 1.807) is 24.3 Å². The number of fused-ring (bicyclic) bond motifs is 1. The molecule has 1 saturated heterocycles. The molecule has 1 fully saturated rings. The number of para-hydroxylation sites is 1. The van der Waals surface area contributed by atoms with Crippen molar-refractivity contribution in [1.29, 1.82) is 0 Å². The van der Waals surface area contributed by atoms with E-state index < -0.39 is 11.2 Å². The normalized spacial score (nSPS) is 17.5. The van der Waals surface area contributed by atoms with Crippen molar-refractivity contribution in [3.8, 4) is 0 Å². The first kappa shape index (κ1) is 15.5. The average Bonchev–Trinajstić information content (AvgIpc) is 3.06. The Labute approximate surface area is 132 Å². The van der Waals surface area contributed by atoms with E-state index in [1.165, 1.54) is 4.57 Å². The van der Waals surface area contributed by atoms with Crippen LogP contribution in [-0.2, 0) is 11.3 Å². The Balaban J connectivity index is 1.68. The van der Waals surface area contributed by atoms with E-state index in [0.717, 1.165) is 19.4 Å². The minimum Gasteiger partial charge on any atom is -0.354 e. The van der Waals surface area contributed by atoms with Gasteiger partial charge in [0, 0.05) is 25.6 Å². The van der Waals surface area contributed by atoms with Gasteiger partial charge in [-0.3, -0.25) is 19.1 Å². The molecule has 1 atom stereocenters. The summed E-state index contributed by atoms with van der Waals surface area (Å²) in [6.07, 6.45) is 2.41. The van der Waals surface area contributed by atoms with Gasteiger partial charge in [0.15, 0.2) is 0 Å². The van der Waals surface area contributed by atoms with E-state index in [4.69, 9.17) is 0 Å². The number of hydrogen-bond donors (Lipinski definition) is 3. The molecule has 1 aliphatic heterocycles. The second-order valence-corrected chi connectivity index (χ2v) is 5.78. The Bertz CT molecular complexity index is 818. The quantitative estimate of drug-likeness (QED) is 0.720. The third kappa shape index (κ3) is 3.50. The van der Waals surface area contributed by atoms with Crippen molar-refractivity contribution < 1.29 is 4.79 Å². The van der Waals surface area contributed by atoms with Crippen LogP contribution in [0.4, 0.5) is 0 Å². The second-order valence-electron chi connectivity index (χ2n) is 5.78. The van der Waals surface area contributed by atoms with Gasteiger partial charge in [-0.15, -0.1) is 0 Å². The maximum atomic E-state index is 12.0. The fraction of sp³-hybridized carbons (Fsp3) is 0.438. The summed E-state index contributed by atoms with van der Waals surface area (Å²) < 4.78 is 1.43. The summed E-state index contributed by atoms with van der Waals surface area (Å²) in [6, 6.07) is 7.23. The molecule has 0 saturated carbocycles. The Morgan fingerprint density at radius 2 is 2.13 bits per heavy atom. The molecule has 2 heterocycles. The smallest absolute Gasteiger partial charge is 0.328 e. The molecule has 2 aromatic rings. The first-order valence-corrected chi connectivity index (χ1v) is 7.87. The Kier molecular flexibility index (Phi) is 4.57. The highest BCUT2D eigenvalue weighted by Crippen LogP contribution is 2.07. The van der Waals surface area contributed by atoms with Gasteiger partial charge in [0.25, 0.3) is 5.56 Å². The summed E-state index contributed by atoms with van der Waals surface area (Å²) in [5, 5.41) is 6.65. The zero-order chi connectivity index (χ0) is 16.2. The minimum absolute atomic E-state index is 0.0964. The largest absolute Gasteiger partial charge is 0.354 e. The van der Waals surface area contributed by atoms with Crippen LogP contribution < -0.4 is 21.9 Å². The van der Waals surface area contributed by atoms with Crippen LogP contribution in [0.1, 0.15) is 19.3 Å². The van der Waals surface area contributed by atoms with Crippen LogP contribution in [0.5, 0.6) is 0 Å². The highest BCUT2D eigenvalue weighted by atomic mass is 16.2. The molecule has 0 aliphatic carbocycles. The lowest BCUT2D eigenvalue weighted by atomic mass is 10.2. The molecular formula is C16H20N4O3. The number of aromatic nitrogens is 2. The minimum atomic E-state index is -0.487. The lowest BCUT2D eigenvalue weighted by Crippen LogP contribution is -2.38. The molecular weight excluding hydrogens is 296 g/mol. The van der Waals surface area contributed by atoms with Crippen LogP contribution in [0.2, 0.25) is 0 Å². The maximum Gasteiger partial charge on any atom is 0.328 e. The van der Waals surface area contributed by atoms with Gasteiger partial charge in [-0.05, 0) is 31.5 Å². The fourth-order valence-electron chi connectivity index (χ4n) is 2.93. The van der Waals surface area contributed by atoms with Gasteiger partial charge in [0.2, 0.25) is 5.91 Å². The number of nitrogens with zero attached hydrogens (tertiary/aromatic N) is 1. The van der Waals surface area contributed by atoms with Gasteiger partial charge >= 0.3 is 5.69 Å². The van der Waals surface area contributed by atoms with E-state index in [1.807, 2.05) is 0 Å². The molecule has 122 valence electrons. The molecule has 0 spiro atoms. The zero-order valence-corrected chi connectivity index (χ0v) is 12.8. The molecule has 0 bridgehead atoms. The molecule has 1 amide bonds. The maximum absolute atomic E-state index is 12.0. The summed E-state index contributed by atoms with van der Waals surface area (Å²) in [5.74, 6) is -0.0964. The van der Waals surface area contributed by atoms with Gasteiger partial charge in [-0.2, -0.15) is 0 Å². The van der Waals surface area contributed by atoms with Gasteiger partial charge in [0.1, 0.15) is 0 Å². The molecule has 7 heteroatoms. The zero-order valence-electron chi connectivity index (χ0n) is 12.8. The van der Waals surface area contributed by atoms with Crippen LogP contribution in [0.25, 0.3) is 10.9 Å². The summed E-state index contributed by atoms with van der Waals surface area (Å²) in [4.78, 5) is 38.0. The first-order valence-electron chi connectivity index (χ1n) is 7.87. The lowest BCUT2D eigenvalue weighted by molar-refractivity contribution is -0.121. The third-order valence-electron chi connectivity index (χ3n) is 4.18. The molecule has 1 aliphatic rings. The van der Waals surface area contributed by atoms with Crippen molar-refractivity contribution in [3.63, 3.8) is 0 Å². The molecule has 1 aromatic carbocycles. The number of nitrogens with one attached hydrogen (secondary N) is 3. The van der Waals surface area contributed by atoms with Crippen molar-refractivity contribution in [2.75, 3.05) is 13.1 Å². The van der Waals surface area contributed by atoms with Crippen molar-refractivity contribution in [2.45, 2.75) is 31.8 Å². The van der Waals surface area contributed by atoms with Crippen LogP contribution in [0, 0.1) is 0 Å². The number of rotatable bonds is 5. The summed E-state index contributed by atoms with van der Waals surface area (Å²) in [5.41, 5.74) is -0.343. The number of amides is 1. The summed E-state index contributed by atoms with van der Waals surface area (Å²) in [7, 11) is 0. The summed E-state index contributed by atoms with van der Waals surface area (Å²) >= 11 is 0. The van der Waals surface area contributed by atoms with Gasteiger partial charge < -0.3 is 10.6 Å². The average molecular weight is 316 g/mol. The van der Waals surface area contributed by atoms with Gasteiger partial charge in [-0.1, -0.05) is 12.1 Å². The molecule has 3 N–H and O–H groups in total. The lowest BCUT2D eigenvalue weighted by Gasteiger charge is -2.12. The molecule has 23 heavy (non-hydrogen) atoms. The predicted molar refractivity (Wildman–Crippen MR) is 87.5 cm³/mol.